The molecule has 3 unspecified atom stereocenters. The molecule has 6 N–H and O–H groups in total. The fourth-order valence-electron chi connectivity index (χ4n) is 8.97. The first kappa shape index (κ1) is 32.6. The summed E-state index contributed by atoms with van der Waals surface area (Å²) in [5.41, 5.74) is 0. The van der Waals surface area contributed by atoms with E-state index in [1.54, 1.807) is 0 Å². The Labute approximate surface area is 244 Å². The van der Waals surface area contributed by atoms with Gasteiger partial charge in [0.15, 0.2) is 0 Å². The van der Waals surface area contributed by atoms with E-state index in [4.69, 9.17) is 0 Å². The molecule has 6 fully saturated rings. The van der Waals surface area contributed by atoms with Crippen LogP contribution in [0.3, 0.4) is 0 Å². The highest BCUT2D eigenvalue weighted by molar-refractivity contribution is 4.89. The van der Waals surface area contributed by atoms with Gasteiger partial charge >= 0.3 is 0 Å². The lowest BCUT2D eigenvalue weighted by Crippen LogP contribution is -2.40. The zero-order chi connectivity index (χ0) is 28.2. The van der Waals surface area contributed by atoms with Crippen LogP contribution in [0, 0.1) is 35.5 Å². The molecule has 6 rings (SSSR count). The number of rotatable bonds is 21. The summed E-state index contributed by atoms with van der Waals surface area (Å²) in [6.07, 6.45) is 21.6. The summed E-state index contributed by atoms with van der Waals surface area (Å²) >= 11 is 0. The van der Waals surface area contributed by atoms with E-state index in [1.165, 1.54) is 89.9 Å². The quantitative estimate of drug-likeness (QED) is 0.118. The summed E-state index contributed by atoms with van der Waals surface area (Å²) in [4.78, 5) is 2.25. The standard InChI is InChI=1S/C33H63N3O4/c37-22-32(23-38)35-16-2-18-36(21-33(40)24-39)17-1-15-34-31(13-11-29-19-25-3-7-27(29)8-4-25)14-12-30-20-26-5-9-28(30)10-6-26/h25-35,37-40H,1-24H2. The van der Waals surface area contributed by atoms with Crippen molar-refractivity contribution in [3.8, 4) is 0 Å². The second-order valence-electron chi connectivity index (χ2n) is 14.2. The van der Waals surface area contributed by atoms with Gasteiger partial charge in [0.2, 0.25) is 0 Å². The lowest BCUT2D eigenvalue weighted by atomic mass is 9.63. The molecule has 3 atom stereocenters. The van der Waals surface area contributed by atoms with E-state index >= 15 is 0 Å². The van der Waals surface area contributed by atoms with Gasteiger partial charge in [-0.2, -0.15) is 0 Å². The topological polar surface area (TPSA) is 108 Å². The molecule has 0 spiro atoms. The van der Waals surface area contributed by atoms with Crippen LogP contribution in [0.15, 0.2) is 0 Å². The average Bonchev–Trinajstić information content (AvgIpc) is 3.01. The highest BCUT2D eigenvalue weighted by Gasteiger charge is 2.37. The molecule has 0 aromatic carbocycles. The van der Waals surface area contributed by atoms with Crippen molar-refractivity contribution in [3.63, 3.8) is 0 Å². The normalized spacial score (nSPS) is 31.4. The molecule has 6 aliphatic rings. The molecule has 0 saturated heterocycles. The van der Waals surface area contributed by atoms with Gasteiger partial charge in [-0.3, -0.25) is 0 Å². The van der Waals surface area contributed by atoms with Gasteiger partial charge < -0.3 is 36.0 Å². The molecule has 4 bridgehead atoms. The van der Waals surface area contributed by atoms with Crippen LogP contribution in [0.25, 0.3) is 0 Å². The summed E-state index contributed by atoms with van der Waals surface area (Å²) in [6.45, 7) is 3.59. The SMILES string of the molecule is OCC(O)CN(CCCNC(CO)CO)CCCNC(CCC1CC2CCC1CC2)CCC1CC2CCC1CC2. The molecule has 7 heteroatoms. The third kappa shape index (κ3) is 10.5. The van der Waals surface area contributed by atoms with Crippen molar-refractivity contribution < 1.29 is 20.4 Å². The van der Waals surface area contributed by atoms with Gasteiger partial charge in [0, 0.05) is 12.6 Å². The van der Waals surface area contributed by atoms with Crippen LogP contribution in [-0.4, -0.2) is 96.1 Å². The van der Waals surface area contributed by atoms with E-state index in [-0.39, 0.29) is 25.9 Å². The fraction of sp³-hybridized carbons (Fsp3) is 1.00. The van der Waals surface area contributed by atoms with Crippen molar-refractivity contribution in [2.24, 2.45) is 35.5 Å². The fourth-order valence-corrected chi connectivity index (χ4v) is 8.97. The third-order valence-electron chi connectivity index (χ3n) is 11.4. The monoisotopic (exact) mass is 565 g/mol. The smallest absolute Gasteiger partial charge is 0.0897 e. The first-order valence-corrected chi connectivity index (χ1v) is 17.3. The van der Waals surface area contributed by atoms with Crippen LogP contribution >= 0.6 is 0 Å². The third-order valence-corrected chi connectivity index (χ3v) is 11.4. The van der Waals surface area contributed by atoms with Crippen molar-refractivity contribution in [2.45, 2.75) is 121 Å². The first-order valence-electron chi connectivity index (χ1n) is 17.3. The minimum Gasteiger partial charge on any atom is -0.395 e. The highest BCUT2D eigenvalue weighted by atomic mass is 16.3. The molecule has 0 heterocycles. The Bertz CT molecular complexity index is 630. The van der Waals surface area contributed by atoms with Gasteiger partial charge in [0.25, 0.3) is 0 Å². The number of fused-ring (bicyclic) bond motifs is 6. The van der Waals surface area contributed by atoms with Gasteiger partial charge in [0.05, 0.1) is 32.0 Å². The minimum atomic E-state index is -0.715. The number of aliphatic hydroxyl groups is 4. The molecule has 234 valence electrons. The Morgan fingerprint density at radius 1 is 0.625 bits per heavy atom. The largest absolute Gasteiger partial charge is 0.395 e. The Balaban J connectivity index is 1.21. The van der Waals surface area contributed by atoms with Gasteiger partial charge in [-0.25, -0.2) is 0 Å². The van der Waals surface area contributed by atoms with Crippen LogP contribution < -0.4 is 10.6 Å². The molecule has 6 aliphatic carbocycles. The Morgan fingerprint density at radius 3 is 1.50 bits per heavy atom. The predicted molar refractivity (Wildman–Crippen MR) is 162 cm³/mol. The van der Waals surface area contributed by atoms with Gasteiger partial charge in [-0.15, -0.1) is 0 Å². The molecular formula is C33H63N3O4. The van der Waals surface area contributed by atoms with E-state index < -0.39 is 6.10 Å². The van der Waals surface area contributed by atoms with Crippen LogP contribution in [0.1, 0.15) is 103 Å². The molecule has 0 amide bonds. The predicted octanol–water partition coefficient (Wildman–Crippen LogP) is 3.54. The molecule has 6 saturated carbocycles. The maximum atomic E-state index is 10.1. The van der Waals surface area contributed by atoms with E-state index in [0.29, 0.717) is 19.1 Å². The first-order chi connectivity index (χ1) is 19.6. The van der Waals surface area contributed by atoms with Crippen molar-refractivity contribution in [2.75, 3.05) is 52.5 Å². The highest BCUT2D eigenvalue weighted by Crippen LogP contribution is 2.48. The molecule has 40 heavy (non-hydrogen) atoms. The van der Waals surface area contributed by atoms with E-state index in [1.807, 2.05) is 0 Å². The number of nitrogens with one attached hydrogen (secondary N) is 2. The molecule has 7 nitrogen and oxygen atoms in total. The summed E-state index contributed by atoms with van der Waals surface area (Å²) < 4.78 is 0. The van der Waals surface area contributed by atoms with Crippen LogP contribution in [0.4, 0.5) is 0 Å². The Hall–Kier alpha value is -0.280. The molecule has 0 radical (unpaired) electrons. The second kappa shape index (κ2) is 17.7. The van der Waals surface area contributed by atoms with E-state index in [0.717, 1.165) is 68.0 Å². The molecule has 0 aromatic heterocycles. The van der Waals surface area contributed by atoms with Gasteiger partial charge in [-0.05, 0) is 139 Å². The lowest BCUT2D eigenvalue weighted by Gasteiger charge is -2.44. The van der Waals surface area contributed by atoms with Crippen LogP contribution in [-0.2, 0) is 0 Å². The zero-order valence-corrected chi connectivity index (χ0v) is 25.4. The van der Waals surface area contributed by atoms with Crippen LogP contribution in [0.2, 0.25) is 0 Å². The Kier molecular flexibility index (Phi) is 14.5. The zero-order valence-electron chi connectivity index (χ0n) is 25.4. The second-order valence-corrected chi connectivity index (χ2v) is 14.2. The number of hydrogen-bond donors (Lipinski definition) is 6. The van der Waals surface area contributed by atoms with Crippen LogP contribution in [0.5, 0.6) is 0 Å². The summed E-state index contributed by atoms with van der Waals surface area (Å²) in [5.74, 6) is 6.00. The van der Waals surface area contributed by atoms with E-state index in [2.05, 4.69) is 15.5 Å². The lowest BCUT2D eigenvalue weighted by molar-refractivity contribution is 0.0580. The summed E-state index contributed by atoms with van der Waals surface area (Å²) in [6, 6.07) is 0.362. The minimum absolute atomic E-state index is 0.0692. The average molecular weight is 566 g/mol. The van der Waals surface area contributed by atoms with Gasteiger partial charge in [0.1, 0.15) is 0 Å². The molecule has 0 aromatic rings. The van der Waals surface area contributed by atoms with Gasteiger partial charge in [-0.1, -0.05) is 25.7 Å². The maximum Gasteiger partial charge on any atom is 0.0897 e. The maximum absolute atomic E-state index is 10.1. The summed E-state index contributed by atoms with van der Waals surface area (Å²) in [5, 5.41) is 45.2. The van der Waals surface area contributed by atoms with Crippen molar-refractivity contribution in [3.05, 3.63) is 0 Å². The summed E-state index contributed by atoms with van der Waals surface area (Å²) in [7, 11) is 0. The van der Waals surface area contributed by atoms with Crippen molar-refractivity contribution >= 4 is 0 Å². The van der Waals surface area contributed by atoms with Crippen molar-refractivity contribution in [1.82, 2.24) is 15.5 Å². The Morgan fingerprint density at radius 2 is 1.10 bits per heavy atom. The van der Waals surface area contributed by atoms with E-state index in [9.17, 15) is 20.4 Å². The number of hydrogen-bond acceptors (Lipinski definition) is 7. The molecule has 0 aliphatic heterocycles. The molecular weight excluding hydrogens is 502 g/mol. The number of aliphatic hydroxyl groups excluding tert-OH is 4. The van der Waals surface area contributed by atoms with Crippen molar-refractivity contribution in [1.29, 1.82) is 0 Å². The number of nitrogens with zero attached hydrogens (tertiary/aromatic N) is 1.